The molecule has 2 rings (SSSR count). The quantitative estimate of drug-likeness (QED) is 0.632. The third kappa shape index (κ3) is 3.98. The molecule has 0 aromatic heterocycles. The summed E-state index contributed by atoms with van der Waals surface area (Å²) in [6, 6.07) is 20.8. The first-order valence-corrected chi connectivity index (χ1v) is 6.57. The van der Waals surface area contributed by atoms with E-state index in [0.717, 1.165) is 16.7 Å². The second-order valence-corrected chi connectivity index (χ2v) is 5.61. The van der Waals surface area contributed by atoms with Crippen LogP contribution < -0.4 is 0 Å². The molecule has 0 bridgehead atoms. The fourth-order valence-corrected chi connectivity index (χ4v) is 1.77. The second kappa shape index (κ2) is 5.73. The van der Waals surface area contributed by atoms with Gasteiger partial charge in [-0.1, -0.05) is 81.4 Å². The highest BCUT2D eigenvalue weighted by Gasteiger charge is 2.06. The van der Waals surface area contributed by atoms with Crippen LogP contribution in [0.4, 0.5) is 0 Å². The Kier molecular flexibility index (Phi) is 3.63. The van der Waals surface area contributed by atoms with Gasteiger partial charge in [-0.25, -0.2) is 0 Å². The van der Waals surface area contributed by atoms with Gasteiger partial charge in [0.25, 0.3) is 0 Å². The third-order valence-electron chi connectivity index (χ3n) is 2.69. The maximum absolute atomic E-state index is 8.24. The van der Waals surface area contributed by atoms with Crippen LogP contribution in [0.15, 0.2) is 72.4 Å². The molecule has 0 spiro atoms. The van der Waals surface area contributed by atoms with E-state index >= 15 is 0 Å². The zero-order valence-electron chi connectivity index (χ0n) is 12.8. The molecule has 0 heteroatoms. The summed E-state index contributed by atoms with van der Waals surface area (Å²) < 4.78 is 8.24. The van der Waals surface area contributed by atoms with Crippen molar-refractivity contribution in [3.8, 4) is 0 Å². The zero-order chi connectivity index (χ0) is 14.6. The molecule has 0 atom stereocenters. The fraction of sp³-hybridized carbons (Fsp3) is 0.211. The van der Waals surface area contributed by atoms with Crippen molar-refractivity contribution in [3.05, 3.63) is 83.6 Å². The van der Waals surface area contributed by atoms with Crippen LogP contribution in [0.3, 0.4) is 0 Å². The Labute approximate surface area is 117 Å². The summed E-state index contributed by atoms with van der Waals surface area (Å²) >= 11 is 0. The Morgan fingerprint density at radius 3 is 1.68 bits per heavy atom. The molecule has 2 aromatic rings. The largest absolute Gasteiger partial charge is 0.115 e. The van der Waals surface area contributed by atoms with Crippen molar-refractivity contribution in [2.45, 2.75) is 20.8 Å². The monoisotopic (exact) mass is 249 g/mol. The maximum atomic E-state index is 8.24. The molecular weight excluding hydrogens is 228 g/mol. The summed E-state index contributed by atoms with van der Waals surface area (Å²) in [6.45, 7) is 6.11. The van der Waals surface area contributed by atoms with E-state index in [1.54, 1.807) is 0 Å². The van der Waals surface area contributed by atoms with Crippen molar-refractivity contribution in [1.82, 2.24) is 0 Å². The Morgan fingerprint density at radius 2 is 1.32 bits per heavy atom. The Balaban J connectivity index is 2.67. The molecule has 2 aromatic carbocycles. The fourth-order valence-electron chi connectivity index (χ4n) is 1.77. The lowest BCUT2D eigenvalue weighted by atomic mass is 9.94. The average Bonchev–Trinajstić information content (AvgIpc) is 2.45. The van der Waals surface area contributed by atoms with E-state index < -0.39 is 0 Å². The number of hydrogen-bond donors (Lipinski definition) is 0. The maximum Gasteiger partial charge on any atom is 0.0672 e. The lowest BCUT2D eigenvalue weighted by molar-refractivity contribution is 0.545. The van der Waals surface area contributed by atoms with Crippen LogP contribution in [0.5, 0.6) is 0 Å². The van der Waals surface area contributed by atoms with Gasteiger partial charge in [0.2, 0.25) is 0 Å². The highest BCUT2D eigenvalue weighted by molar-refractivity contribution is 5.79. The van der Waals surface area contributed by atoms with E-state index in [1.807, 2.05) is 57.2 Å². The van der Waals surface area contributed by atoms with Gasteiger partial charge < -0.3 is 0 Å². The van der Waals surface area contributed by atoms with E-state index in [1.165, 1.54) is 0 Å². The molecule has 0 heterocycles. The minimum Gasteiger partial charge on any atom is -0.115 e. The van der Waals surface area contributed by atoms with Crippen LogP contribution in [0, 0.1) is 5.41 Å². The average molecular weight is 249 g/mol. The molecule has 0 unspecified atom stereocenters. The molecular formula is C19H20. The number of allylic oxidation sites excluding steroid dienone is 1. The molecule has 0 radical (unpaired) electrons. The minimum atomic E-state index is -0.200. The zero-order valence-corrected chi connectivity index (χ0v) is 11.8. The smallest absolute Gasteiger partial charge is 0.0672 e. The van der Waals surface area contributed by atoms with Crippen molar-refractivity contribution in [3.63, 3.8) is 0 Å². The van der Waals surface area contributed by atoms with Gasteiger partial charge in [-0.15, -0.1) is 5.73 Å². The van der Waals surface area contributed by atoms with Crippen molar-refractivity contribution in [2.75, 3.05) is 0 Å². The summed E-state index contributed by atoms with van der Waals surface area (Å²) in [5.74, 6) is 0. The van der Waals surface area contributed by atoms with E-state index in [9.17, 15) is 0 Å². The Hall–Kier alpha value is -2.04. The molecule has 0 saturated carbocycles. The van der Waals surface area contributed by atoms with Gasteiger partial charge in [0.15, 0.2) is 0 Å². The molecule has 0 aliphatic rings. The molecule has 0 saturated heterocycles. The molecule has 0 fully saturated rings. The Bertz CT molecular complexity index is 583. The summed E-state index contributed by atoms with van der Waals surface area (Å²) in [6.07, 6.45) is 0. The van der Waals surface area contributed by atoms with Crippen molar-refractivity contribution < 1.29 is 1.37 Å². The van der Waals surface area contributed by atoms with Gasteiger partial charge in [0.05, 0.1) is 1.37 Å². The minimum absolute atomic E-state index is 0.200. The lowest BCUT2D eigenvalue weighted by Crippen LogP contribution is -1.97. The van der Waals surface area contributed by atoms with Gasteiger partial charge in [0, 0.05) is 5.57 Å². The van der Waals surface area contributed by atoms with Crippen molar-refractivity contribution >= 4 is 5.57 Å². The summed E-state index contributed by atoms with van der Waals surface area (Å²) in [7, 11) is 0. The Morgan fingerprint density at radius 1 is 0.895 bits per heavy atom. The summed E-state index contributed by atoms with van der Waals surface area (Å²) in [4.78, 5) is 0. The number of rotatable bonds is 2. The first kappa shape index (κ1) is 12.0. The molecule has 19 heavy (non-hydrogen) atoms. The van der Waals surface area contributed by atoms with Crippen LogP contribution in [-0.4, -0.2) is 0 Å². The summed E-state index contributed by atoms with van der Waals surface area (Å²) in [5, 5.41) is 0. The van der Waals surface area contributed by atoms with Crippen LogP contribution >= 0.6 is 0 Å². The van der Waals surface area contributed by atoms with Gasteiger partial charge in [0.1, 0.15) is 0 Å². The predicted octanol–water partition coefficient (Wildman–Crippen LogP) is 5.32. The van der Waals surface area contributed by atoms with Crippen LogP contribution in [-0.2, 0) is 0 Å². The van der Waals surface area contributed by atoms with Gasteiger partial charge in [-0.3, -0.25) is 0 Å². The van der Waals surface area contributed by atoms with Crippen LogP contribution in [0.1, 0.15) is 33.3 Å². The molecule has 0 nitrogen and oxygen atoms in total. The van der Waals surface area contributed by atoms with E-state index in [0.29, 0.717) is 6.05 Å². The van der Waals surface area contributed by atoms with Crippen LogP contribution in [0.25, 0.3) is 5.57 Å². The molecule has 0 amide bonds. The first-order chi connectivity index (χ1) is 9.48. The molecule has 0 aliphatic carbocycles. The second-order valence-electron chi connectivity index (χ2n) is 5.61. The third-order valence-corrected chi connectivity index (χ3v) is 2.69. The van der Waals surface area contributed by atoms with Crippen molar-refractivity contribution in [1.29, 1.82) is 0 Å². The SMILES string of the molecule is [2H]C(=C=C(c1ccccc1)c1ccccc1)C(C)(C)C. The van der Waals surface area contributed by atoms with E-state index in [4.69, 9.17) is 1.37 Å². The summed E-state index contributed by atoms with van der Waals surface area (Å²) in [5.41, 5.74) is 6.25. The van der Waals surface area contributed by atoms with E-state index in [-0.39, 0.29) is 5.41 Å². The highest BCUT2D eigenvalue weighted by Crippen LogP contribution is 2.23. The molecule has 96 valence electrons. The number of benzene rings is 2. The normalized spacial score (nSPS) is 11.4. The first-order valence-electron chi connectivity index (χ1n) is 7.07. The topological polar surface area (TPSA) is 0 Å². The number of hydrogen-bond acceptors (Lipinski definition) is 0. The molecule has 0 aliphatic heterocycles. The van der Waals surface area contributed by atoms with Crippen LogP contribution in [0.2, 0.25) is 0 Å². The van der Waals surface area contributed by atoms with Gasteiger partial charge in [-0.05, 0) is 22.6 Å². The van der Waals surface area contributed by atoms with Crippen molar-refractivity contribution in [2.24, 2.45) is 5.41 Å². The highest BCUT2D eigenvalue weighted by atomic mass is 14.1. The van der Waals surface area contributed by atoms with Gasteiger partial charge >= 0.3 is 0 Å². The standard InChI is InChI=1S/C19H20/c1-19(2,3)15-14-18(16-10-6-4-7-11-16)17-12-8-5-9-13-17/h4-13,15H,1-3H3/i15D. The van der Waals surface area contributed by atoms with E-state index in [2.05, 4.69) is 30.0 Å². The predicted molar refractivity (Wildman–Crippen MR) is 82.9 cm³/mol. The lowest BCUT2D eigenvalue weighted by Gasteiger charge is -2.10. The van der Waals surface area contributed by atoms with Gasteiger partial charge in [-0.2, -0.15) is 0 Å². The molecule has 0 N–H and O–H groups in total.